The number of carboxylic acid groups (broad SMARTS) is 1. The molecule has 30 heavy (non-hydrogen) atoms. The van der Waals surface area contributed by atoms with E-state index in [0.717, 1.165) is 5.56 Å². The lowest BCUT2D eigenvalue weighted by molar-refractivity contribution is -0.156. The quantitative estimate of drug-likeness (QED) is 0.537. The second-order valence-electron chi connectivity index (χ2n) is 9.47. The summed E-state index contributed by atoms with van der Waals surface area (Å²) in [5.41, 5.74) is 1.15. The van der Waals surface area contributed by atoms with Crippen molar-refractivity contribution < 1.29 is 28.6 Å². The summed E-state index contributed by atoms with van der Waals surface area (Å²) in [6, 6.07) is 9.01. The monoisotopic (exact) mass is 437 g/mol. The van der Waals surface area contributed by atoms with Gasteiger partial charge in [0.05, 0.1) is 19.3 Å². The Bertz CT molecular complexity index is 718. The Hall–Kier alpha value is -1.90. The van der Waals surface area contributed by atoms with Crippen LogP contribution in [0.2, 0.25) is 18.1 Å². The van der Waals surface area contributed by atoms with Crippen LogP contribution in [0.4, 0.5) is 4.79 Å². The van der Waals surface area contributed by atoms with Gasteiger partial charge in [-0.3, -0.25) is 0 Å². The number of carbonyl (C=O) groups excluding carboxylic acids is 1. The van der Waals surface area contributed by atoms with Gasteiger partial charge in [0.25, 0.3) is 0 Å². The summed E-state index contributed by atoms with van der Waals surface area (Å²) in [7, 11) is -2.17. The highest BCUT2D eigenvalue weighted by molar-refractivity contribution is 6.74. The largest absolute Gasteiger partial charge is 0.465 e. The molecule has 1 aliphatic rings. The number of rotatable bonds is 5. The van der Waals surface area contributed by atoms with Crippen molar-refractivity contribution in [1.29, 1.82) is 0 Å². The molecule has 8 heteroatoms. The Morgan fingerprint density at radius 1 is 1.23 bits per heavy atom. The van der Waals surface area contributed by atoms with Crippen LogP contribution in [0.25, 0.3) is 0 Å². The molecule has 1 heterocycles. The van der Waals surface area contributed by atoms with Gasteiger partial charge in [0, 0.05) is 5.92 Å². The Balaban J connectivity index is 2.33. The van der Waals surface area contributed by atoms with Gasteiger partial charge in [-0.2, -0.15) is 0 Å². The van der Waals surface area contributed by atoms with E-state index in [2.05, 4.69) is 51.3 Å². The zero-order valence-electron chi connectivity index (χ0n) is 18.8. The third-order valence-corrected chi connectivity index (χ3v) is 10.5. The summed E-state index contributed by atoms with van der Waals surface area (Å²) in [6.07, 6.45) is -1.49. The fraction of sp³-hybridized carbons (Fsp3) is 0.636. The average molecular weight is 438 g/mol. The Morgan fingerprint density at radius 3 is 2.43 bits per heavy atom. The van der Waals surface area contributed by atoms with Crippen molar-refractivity contribution in [2.24, 2.45) is 5.92 Å². The zero-order valence-corrected chi connectivity index (χ0v) is 19.8. The first kappa shape index (κ1) is 24.4. The number of amides is 1. The molecule has 0 saturated carbocycles. The van der Waals surface area contributed by atoms with Gasteiger partial charge in [0.2, 0.25) is 0 Å². The molecule has 1 aliphatic heterocycles. The molecule has 2 rings (SSSR count). The molecule has 0 bridgehead atoms. The molecule has 4 atom stereocenters. The van der Waals surface area contributed by atoms with Crippen LogP contribution in [-0.2, 0) is 25.1 Å². The van der Waals surface area contributed by atoms with E-state index in [1.165, 1.54) is 0 Å². The van der Waals surface area contributed by atoms with Gasteiger partial charge >= 0.3 is 12.1 Å². The number of cyclic esters (lactones) is 1. The number of carbonyl (C=O) groups is 2. The van der Waals surface area contributed by atoms with Gasteiger partial charge < -0.3 is 24.3 Å². The van der Waals surface area contributed by atoms with E-state index in [0.29, 0.717) is 13.0 Å². The number of esters is 1. The molecule has 1 aromatic carbocycles. The SMILES string of the molecule is C[C@@H]1OC(=O)[C@@H](NC(=O)O)COC[C@H](Cc2ccccc2)[C@H]1O[Si](C)(C)C(C)(C)C. The molecule has 1 saturated heterocycles. The summed E-state index contributed by atoms with van der Waals surface area (Å²) < 4.78 is 18.2. The summed E-state index contributed by atoms with van der Waals surface area (Å²) >= 11 is 0. The molecule has 2 N–H and O–H groups in total. The van der Waals surface area contributed by atoms with Crippen LogP contribution in [0, 0.1) is 5.92 Å². The first-order valence-electron chi connectivity index (χ1n) is 10.4. The van der Waals surface area contributed by atoms with Gasteiger partial charge in [-0.1, -0.05) is 51.1 Å². The molecular weight excluding hydrogens is 402 g/mol. The van der Waals surface area contributed by atoms with Crippen LogP contribution < -0.4 is 5.32 Å². The zero-order chi connectivity index (χ0) is 22.5. The number of hydrogen-bond donors (Lipinski definition) is 2. The molecule has 1 fully saturated rings. The minimum atomic E-state index is -2.17. The minimum absolute atomic E-state index is 0.0132. The van der Waals surface area contributed by atoms with Crippen molar-refractivity contribution in [3.8, 4) is 0 Å². The van der Waals surface area contributed by atoms with E-state index in [1.807, 2.05) is 25.1 Å². The standard InChI is InChI=1S/C22H35NO6Si/c1-15-19(29-30(5,6)22(2,3)4)17(12-16-10-8-7-9-11-16)13-27-14-18(20(24)28-15)23-21(25)26/h7-11,15,17-19,23H,12-14H2,1-6H3,(H,25,26)/t15-,17-,18-,19-/m0/s1. The van der Waals surface area contributed by atoms with E-state index >= 15 is 0 Å². The highest BCUT2D eigenvalue weighted by Crippen LogP contribution is 2.39. The van der Waals surface area contributed by atoms with Crippen LogP contribution in [0.1, 0.15) is 33.3 Å². The fourth-order valence-corrected chi connectivity index (χ4v) is 4.68. The Morgan fingerprint density at radius 2 is 1.87 bits per heavy atom. The first-order chi connectivity index (χ1) is 13.9. The Labute approximate surface area is 180 Å². The van der Waals surface area contributed by atoms with Gasteiger partial charge in [0.1, 0.15) is 6.10 Å². The third kappa shape index (κ3) is 6.55. The molecule has 0 unspecified atom stereocenters. The van der Waals surface area contributed by atoms with E-state index in [-0.39, 0.29) is 23.7 Å². The van der Waals surface area contributed by atoms with Crippen LogP contribution in [0.15, 0.2) is 30.3 Å². The van der Waals surface area contributed by atoms with E-state index < -0.39 is 32.5 Å². The summed E-state index contributed by atoms with van der Waals surface area (Å²) in [6.45, 7) is 12.9. The highest BCUT2D eigenvalue weighted by atomic mass is 28.4. The average Bonchev–Trinajstić information content (AvgIpc) is 2.67. The van der Waals surface area contributed by atoms with Crippen molar-refractivity contribution in [1.82, 2.24) is 5.32 Å². The normalized spacial score (nSPS) is 26.1. The van der Waals surface area contributed by atoms with Crippen LogP contribution >= 0.6 is 0 Å². The second-order valence-corrected chi connectivity index (χ2v) is 14.2. The van der Waals surface area contributed by atoms with Gasteiger partial charge in [0.15, 0.2) is 14.4 Å². The van der Waals surface area contributed by atoms with Crippen molar-refractivity contribution >= 4 is 20.4 Å². The van der Waals surface area contributed by atoms with Crippen LogP contribution in [0.5, 0.6) is 0 Å². The van der Waals surface area contributed by atoms with E-state index in [4.69, 9.17) is 19.0 Å². The lowest BCUT2D eigenvalue weighted by atomic mass is 9.92. The Kier molecular flexibility index (Phi) is 8.07. The maximum absolute atomic E-state index is 12.6. The minimum Gasteiger partial charge on any atom is -0.465 e. The highest BCUT2D eigenvalue weighted by Gasteiger charge is 2.44. The molecule has 1 amide bonds. The molecule has 0 radical (unpaired) electrons. The lowest BCUT2D eigenvalue weighted by Crippen LogP contribution is -2.51. The fourth-order valence-electron chi connectivity index (χ4n) is 3.27. The summed E-state index contributed by atoms with van der Waals surface area (Å²) in [5.74, 6) is -0.693. The topological polar surface area (TPSA) is 94.1 Å². The molecule has 1 aromatic rings. The molecular formula is C22H35NO6Si. The number of hydrogen-bond acceptors (Lipinski definition) is 5. The molecule has 0 aromatic heterocycles. The second kappa shape index (κ2) is 9.94. The van der Waals surface area contributed by atoms with Gasteiger partial charge in [-0.15, -0.1) is 0 Å². The van der Waals surface area contributed by atoms with Crippen molar-refractivity contribution in [3.05, 3.63) is 35.9 Å². The maximum atomic E-state index is 12.6. The van der Waals surface area contributed by atoms with E-state index in [1.54, 1.807) is 0 Å². The summed E-state index contributed by atoms with van der Waals surface area (Å²) in [5, 5.41) is 11.2. The predicted octanol–water partition coefficient (Wildman–Crippen LogP) is 3.83. The van der Waals surface area contributed by atoms with Crippen molar-refractivity contribution in [3.63, 3.8) is 0 Å². The molecule has 7 nitrogen and oxygen atoms in total. The molecule has 0 aliphatic carbocycles. The van der Waals surface area contributed by atoms with Crippen molar-refractivity contribution in [2.75, 3.05) is 13.2 Å². The number of nitrogens with one attached hydrogen (secondary N) is 1. The van der Waals surface area contributed by atoms with Crippen LogP contribution in [-0.4, -0.2) is 57.0 Å². The molecule has 0 spiro atoms. The first-order valence-corrected chi connectivity index (χ1v) is 13.3. The van der Waals surface area contributed by atoms with Gasteiger partial charge in [-0.05, 0) is 37.0 Å². The van der Waals surface area contributed by atoms with E-state index in [9.17, 15) is 9.59 Å². The summed E-state index contributed by atoms with van der Waals surface area (Å²) in [4.78, 5) is 23.6. The smallest absolute Gasteiger partial charge is 0.405 e. The number of benzene rings is 1. The lowest BCUT2D eigenvalue weighted by Gasteiger charge is -2.42. The third-order valence-electron chi connectivity index (χ3n) is 6.01. The maximum Gasteiger partial charge on any atom is 0.405 e. The number of ether oxygens (including phenoxy) is 2. The van der Waals surface area contributed by atoms with Gasteiger partial charge in [-0.25, -0.2) is 9.59 Å². The molecule has 168 valence electrons. The predicted molar refractivity (Wildman–Crippen MR) is 117 cm³/mol. The van der Waals surface area contributed by atoms with Crippen molar-refractivity contribution in [2.45, 2.75) is 70.5 Å². The van der Waals surface area contributed by atoms with Crippen LogP contribution in [0.3, 0.4) is 0 Å².